The van der Waals surface area contributed by atoms with E-state index in [2.05, 4.69) is 5.10 Å². The molecule has 0 spiro atoms. The normalized spacial score (nSPS) is 17.9. The molecule has 5 rings (SSSR count). The Morgan fingerprint density at radius 3 is 2.34 bits per heavy atom. The Kier molecular flexibility index (Phi) is 5.29. The molecule has 8 heteroatoms. The standard InChI is InChI=1S/C27H25N3O4S/c1-18-12-14-22(15-13-18)35(32,33)29-17-24(23-10-5-6-11-25(23)29)27(4)30(20(3)31)28-26(34-27)21-9-7-8-19(2)16-21/h5-17H,1-4H3. The molecule has 0 N–H and O–H groups in total. The molecule has 7 nitrogen and oxygen atoms in total. The Bertz CT molecular complexity index is 1600. The van der Waals surface area contributed by atoms with Crippen molar-refractivity contribution >= 4 is 32.7 Å². The van der Waals surface area contributed by atoms with Crippen LogP contribution in [0.25, 0.3) is 10.9 Å². The number of fused-ring (bicyclic) bond motifs is 1. The predicted molar refractivity (Wildman–Crippen MR) is 134 cm³/mol. The molecule has 0 bridgehead atoms. The van der Waals surface area contributed by atoms with Crippen molar-refractivity contribution in [3.8, 4) is 0 Å². The third kappa shape index (κ3) is 3.70. The molecular weight excluding hydrogens is 462 g/mol. The van der Waals surface area contributed by atoms with Gasteiger partial charge in [-0.1, -0.05) is 53.6 Å². The van der Waals surface area contributed by atoms with Gasteiger partial charge in [-0.05, 0) is 44.2 Å². The molecule has 0 saturated carbocycles. The first kappa shape index (κ1) is 22.9. The molecule has 35 heavy (non-hydrogen) atoms. The van der Waals surface area contributed by atoms with Crippen molar-refractivity contribution in [2.45, 2.75) is 38.3 Å². The van der Waals surface area contributed by atoms with Gasteiger partial charge in [-0.2, -0.15) is 5.01 Å². The Morgan fingerprint density at radius 1 is 0.943 bits per heavy atom. The van der Waals surface area contributed by atoms with Gasteiger partial charge in [0, 0.05) is 36.6 Å². The lowest BCUT2D eigenvalue weighted by Crippen LogP contribution is -2.41. The summed E-state index contributed by atoms with van der Waals surface area (Å²) in [4.78, 5) is 12.9. The zero-order valence-corrected chi connectivity index (χ0v) is 20.7. The molecule has 1 unspecified atom stereocenters. The maximum absolute atomic E-state index is 13.6. The summed E-state index contributed by atoms with van der Waals surface area (Å²) in [5.41, 5.74) is 2.38. The van der Waals surface area contributed by atoms with Crippen LogP contribution in [0, 0.1) is 13.8 Å². The average molecular weight is 488 g/mol. The van der Waals surface area contributed by atoms with Gasteiger partial charge in [0.15, 0.2) is 0 Å². The van der Waals surface area contributed by atoms with Gasteiger partial charge in [0.25, 0.3) is 10.0 Å². The fourth-order valence-electron chi connectivity index (χ4n) is 4.42. The fraction of sp³-hybridized carbons (Fsp3) is 0.185. The summed E-state index contributed by atoms with van der Waals surface area (Å²) in [5, 5.41) is 6.42. The van der Waals surface area contributed by atoms with Crippen molar-refractivity contribution in [3.63, 3.8) is 0 Å². The highest BCUT2D eigenvalue weighted by atomic mass is 32.2. The molecule has 0 radical (unpaired) electrons. The number of carbonyl (C=O) groups is 1. The molecule has 0 fully saturated rings. The van der Waals surface area contributed by atoms with Gasteiger partial charge in [-0.25, -0.2) is 12.4 Å². The van der Waals surface area contributed by atoms with Gasteiger partial charge in [-0.15, -0.1) is 5.10 Å². The summed E-state index contributed by atoms with van der Waals surface area (Å²) in [7, 11) is -3.91. The summed E-state index contributed by atoms with van der Waals surface area (Å²) in [6.45, 7) is 7.00. The molecule has 1 aliphatic rings. The number of benzene rings is 3. The number of aryl methyl sites for hydroxylation is 2. The Hall–Kier alpha value is -3.91. The Morgan fingerprint density at radius 2 is 1.66 bits per heavy atom. The molecule has 1 aromatic heterocycles. The zero-order chi connectivity index (χ0) is 25.0. The van der Waals surface area contributed by atoms with Crippen molar-refractivity contribution in [1.29, 1.82) is 0 Å². The van der Waals surface area contributed by atoms with Crippen LogP contribution < -0.4 is 0 Å². The molecule has 2 heterocycles. The lowest BCUT2D eigenvalue weighted by molar-refractivity contribution is -0.145. The number of aromatic nitrogens is 1. The fourth-order valence-corrected chi connectivity index (χ4v) is 5.78. The molecule has 0 aliphatic carbocycles. The van der Waals surface area contributed by atoms with Crippen molar-refractivity contribution in [2.24, 2.45) is 5.10 Å². The number of ether oxygens (including phenoxy) is 1. The van der Waals surface area contributed by atoms with E-state index in [1.807, 2.05) is 50.2 Å². The van der Waals surface area contributed by atoms with Crippen LogP contribution in [0.2, 0.25) is 0 Å². The van der Waals surface area contributed by atoms with Crippen LogP contribution in [-0.4, -0.2) is 29.2 Å². The topological polar surface area (TPSA) is 81.0 Å². The van der Waals surface area contributed by atoms with E-state index in [0.29, 0.717) is 22.4 Å². The number of hydrogen-bond acceptors (Lipinski definition) is 5. The van der Waals surface area contributed by atoms with Gasteiger partial charge in [-0.3, -0.25) is 4.79 Å². The second kappa shape index (κ2) is 8.09. The van der Waals surface area contributed by atoms with Crippen LogP contribution in [0.3, 0.4) is 0 Å². The smallest absolute Gasteiger partial charge is 0.268 e. The molecule has 4 aromatic rings. The van der Waals surface area contributed by atoms with Crippen molar-refractivity contribution in [1.82, 2.24) is 8.98 Å². The zero-order valence-electron chi connectivity index (χ0n) is 19.9. The third-order valence-corrected chi connectivity index (χ3v) is 7.90. The minimum atomic E-state index is -3.91. The lowest BCUT2D eigenvalue weighted by Gasteiger charge is -2.30. The summed E-state index contributed by atoms with van der Waals surface area (Å²) in [6.07, 6.45) is 1.53. The van der Waals surface area contributed by atoms with Gasteiger partial charge in [0.05, 0.1) is 10.4 Å². The minimum Gasteiger partial charge on any atom is -0.443 e. The number of nitrogens with zero attached hydrogens (tertiary/aromatic N) is 3. The lowest BCUT2D eigenvalue weighted by atomic mass is 10.0. The number of carbonyl (C=O) groups excluding carboxylic acids is 1. The van der Waals surface area contributed by atoms with Crippen LogP contribution >= 0.6 is 0 Å². The molecule has 1 atom stereocenters. The van der Waals surface area contributed by atoms with Crippen LogP contribution in [0.5, 0.6) is 0 Å². The van der Waals surface area contributed by atoms with Crippen molar-refractivity contribution < 1.29 is 17.9 Å². The van der Waals surface area contributed by atoms with Crippen LogP contribution in [0.15, 0.2) is 89.0 Å². The van der Waals surface area contributed by atoms with E-state index in [9.17, 15) is 13.2 Å². The van der Waals surface area contributed by atoms with Gasteiger partial charge >= 0.3 is 0 Å². The van der Waals surface area contributed by atoms with E-state index in [4.69, 9.17) is 4.74 Å². The quantitative estimate of drug-likeness (QED) is 0.410. The van der Waals surface area contributed by atoms with Gasteiger partial charge in [0.1, 0.15) is 0 Å². The minimum absolute atomic E-state index is 0.174. The van der Waals surface area contributed by atoms with Gasteiger partial charge in [0.2, 0.25) is 17.5 Å². The molecule has 1 amide bonds. The summed E-state index contributed by atoms with van der Waals surface area (Å²) in [6, 6.07) is 21.5. The number of hydrogen-bond donors (Lipinski definition) is 0. The Balaban J connectivity index is 1.69. The van der Waals surface area contributed by atoms with Crippen molar-refractivity contribution in [3.05, 3.63) is 101 Å². The Labute approximate surface area is 204 Å². The average Bonchev–Trinajstić information content (AvgIpc) is 3.39. The second-order valence-electron chi connectivity index (χ2n) is 8.86. The van der Waals surface area contributed by atoms with E-state index in [1.54, 1.807) is 43.3 Å². The summed E-state index contributed by atoms with van der Waals surface area (Å²) < 4.78 is 34.9. The number of para-hydroxylation sites is 1. The molecule has 0 saturated heterocycles. The highest BCUT2D eigenvalue weighted by Gasteiger charge is 2.47. The second-order valence-corrected chi connectivity index (χ2v) is 10.7. The maximum atomic E-state index is 13.6. The van der Waals surface area contributed by atoms with E-state index in [1.165, 1.54) is 22.1 Å². The van der Waals surface area contributed by atoms with Gasteiger partial charge < -0.3 is 4.74 Å². The number of amides is 1. The highest BCUT2D eigenvalue weighted by Crippen LogP contribution is 2.41. The molecule has 3 aromatic carbocycles. The molecule has 178 valence electrons. The van der Waals surface area contributed by atoms with Crippen molar-refractivity contribution in [2.75, 3.05) is 0 Å². The first-order valence-electron chi connectivity index (χ1n) is 11.2. The van der Waals surface area contributed by atoms with E-state index in [0.717, 1.165) is 16.7 Å². The first-order valence-corrected chi connectivity index (χ1v) is 12.6. The maximum Gasteiger partial charge on any atom is 0.268 e. The molecule has 1 aliphatic heterocycles. The summed E-state index contributed by atoms with van der Waals surface area (Å²) >= 11 is 0. The molecular formula is C27H25N3O4S. The van der Waals surface area contributed by atoms with Crippen LogP contribution in [0.4, 0.5) is 0 Å². The summed E-state index contributed by atoms with van der Waals surface area (Å²) in [5.74, 6) is -0.0296. The van der Waals surface area contributed by atoms with E-state index < -0.39 is 15.7 Å². The largest absolute Gasteiger partial charge is 0.443 e. The SMILES string of the molecule is CC(=O)N1N=C(c2cccc(C)c2)OC1(C)c1cn(S(=O)(=O)c2ccc(C)cc2)c2ccccc12. The predicted octanol–water partition coefficient (Wildman–Crippen LogP) is 4.91. The first-order chi connectivity index (χ1) is 16.6. The number of hydrazone groups is 1. The van der Waals surface area contributed by atoms with Crippen LogP contribution in [-0.2, 0) is 25.3 Å². The van der Waals surface area contributed by atoms with E-state index in [-0.39, 0.29) is 10.8 Å². The number of rotatable bonds is 4. The highest BCUT2D eigenvalue weighted by molar-refractivity contribution is 7.90. The van der Waals surface area contributed by atoms with E-state index >= 15 is 0 Å². The monoisotopic (exact) mass is 487 g/mol. The third-order valence-electron chi connectivity index (χ3n) is 6.21. The van der Waals surface area contributed by atoms with Crippen LogP contribution in [0.1, 0.15) is 36.1 Å².